The molecular weight excluding hydrogens is 260 g/mol. The van der Waals surface area contributed by atoms with Crippen molar-refractivity contribution in [3.8, 4) is 0 Å². The van der Waals surface area contributed by atoms with Crippen molar-refractivity contribution in [2.75, 3.05) is 13.1 Å². The third-order valence-corrected chi connectivity index (χ3v) is 2.60. The summed E-state index contributed by atoms with van der Waals surface area (Å²) in [4.78, 5) is 21.6. The summed E-state index contributed by atoms with van der Waals surface area (Å²) in [7, 11) is 0. The number of nitrogens with zero attached hydrogens (tertiary/aromatic N) is 1. The van der Waals surface area contributed by atoms with E-state index >= 15 is 0 Å². The lowest BCUT2D eigenvalue weighted by Gasteiger charge is -2.10. The molecule has 1 atom stereocenters. The van der Waals surface area contributed by atoms with Crippen molar-refractivity contribution in [1.29, 1.82) is 0 Å². The van der Waals surface area contributed by atoms with Crippen LogP contribution in [0.1, 0.15) is 16.8 Å². The molecule has 0 amide bonds. The second-order valence-corrected chi connectivity index (χ2v) is 3.82. The monoisotopic (exact) mass is 272 g/mol. The number of nitro groups is 1. The van der Waals surface area contributed by atoms with E-state index in [9.17, 15) is 14.9 Å². The molecule has 1 unspecified atom stereocenters. The van der Waals surface area contributed by atoms with Gasteiger partial charge in [-0.15, -0.1) is 12.4 Å². The first-order valence-electron chi connectivity index (χ1n) is 5.33. The predicted octanol–water partition coefficient (Wildman–Crippen LogP) is 1.54. The van der Waals surface area contributed by atoms with Crippen LogP contribution in [0.3, 0.4) is 0 Å². The molecule has 6 nitrogen and oxygen atoms in total. The first-order chi connectivity index (χ1) is 8.16. The van der Waals surface area contributed by atoms with Crippen LogP contribution < -0.4 is 5.32 Å². The van der Waals surface area contributed by atoms with Crippen LogP contribution in [0.25, 0.3) is 0 Å². The van der Waals surface area contributed by atoms with Crippen molar-refractivity contribution in [1.82, 2.24) is 5.32 Å². The van der Waals surface area contributed by atoms with Gasteiger partial charge in [-0.05, 0) is 25.1 Å². The zero-order chi connectivity index (χ0) is 12.3. The summed E-state index contributed by atoms with van der Waals surface area (Å²) >= 11 is 0. The van der Waals surface area contributed by atoms with Crippen LogP contribution in [0.15, 0.2) is 24.3 Å². The number of nitro benzene ring substituents is 1. The van der Waals surface area contributed by atoms with Crippen LogP contribution in [-0.2, 0) is 4.74 Å². The van der Waals surface area contributed by atoms with Crippen molar-refractivity contribution >= 4 is 24.1 Å². The second-order valence-electron chi connectivity index (χ2n) is 3.82. The van der Waals surface area contributed by atoms with Gasteiger partial charge in [0.2, 0.25) is 0 Å². The van der Waals surface area contributed by atoms with Crippen LogP contribution in [-0.4, -0.2) is 30.1 Å². The fraction of sp³-hybridized carbons (Fsp3) is 0.364. The van der Waals surface area contributed by atoms with E-state index in [1.807, 2.05) is 0 Å². The Labute approximate surface area is 110 Å². The fourth-order valence-corrected chi connectivity index (χ4v) is 1.67. The molecule has 0 saturated carbocycles. The molecule has 1 saturated heterocycles. The quantitative estimate of drug-likeness (QED) is 0.513. The Hall–Kier alpha value is -1.66. The predicted molar refractivity (Wildman–Crippen MR) is 67.0 cm³/mol. The topological polar surface area (TPSA) is 81.5 Å². The number of hydrogen-bond donors (Lipinski definition) is 1. The molecule has 2 rings (SSSR count). The summed E-state index contributed by atoms with van der Waals surface area (Å²) in [6.07, 6.45) is 0.705. The van der Waals surface area contributed by atoms with Gasteiger partial charge in [-0.1, -0.05) is 0 Å². The van der Waals surface area contributed by atoms with E-state index in [4.69, 9.17) is 4.74 Å². The average molecular weight is 273 g/mol. The Morgan fingerprint density at radius 3 is 2.56 bits per heavy atom. The summed E-state index contributed by atoms with van der Waals surface area (Å²) in [5.41, 5.74) is 0.298. The van der Waals surface area contributed by atoms with E-state index in [0.29, 0.717) is 12.1 Å². The number of esters is 1. The fourth-order valence-electron chi connectivity index (χ4n) is 1.67. The molecule has 0 spiro atoms. The van der Waals surface area contributed by atoms with Crippen molar-refractivity contribution in [2.45, 2.75) is 12.5 Å². The molecule has 0 radical (unpaired) electrons. The van der Waals surface area contributed by atoms with Crippen molar-refractivity contribution in [3.63, 3.8) is 0 Å². The van der Waals surface area contributed by atoms with Crippen LogP contribution in [0.2, 0.25) is 0 Å². The maximum absolute atomic E-state index is 11.7. The van der Waals surface area contributed by atoms with E-state index in [-0.39, 0.29) is 24.2 Å². The highest BCUT2D eigenvalue weighted by atomic mass is 35.5. The second kappa shape index (κ2) is 6.32. The van der Waals surface area contributed by atoms with Crippen molar-refractivity contribution < 1.29 is 14.5 Å². The van der Waals surface area contributed by atoms with Gasteiger partial charge < -0.3 is 10.1 Å². The number of carbonyl (C=O) groups excluding carboxylic acids is 1. The SMILES string of the molecule is Cl.O=C(OC1CCNC1)c1ccc([N+](=O)[O-])cc1. The minimum absolute atomic E-state index is 0. The highest BCUT2D eigenvalue weighted by Gasteiger charge is 2.20. The molecule has 0 aliphatic carbocycles. The normalized spacial score (nSPS) is 17.9. The smallest absolute Gasteiger partial charge is 0.338 e. The molecule has 1 aromatic carbocycles. The van der Waals surface area contributed by atoms with Gasteiger partial charge >= 0.3 is 5.97 Å². The summed E-state index contributed by atoms with van der Waals surface area (Å²) in [6.45, 7) is 1.51. The average Bonchev–Trinajstić information content (AvgIpc) is 2.82. The van der Waals surface area contributed by atoms with E-state index in [1.54, 1.807) is 0 Å². The van der Waals surface area contributed by atoms with Gasteiger partial charge in [-0.25, -0.2) is 4.79 Å². The molecule has 1 heterocycles. The summed E-state index contributed by atoms with van der Waals surface area (Å²) in [6, 6.07) is 5.40. The van der Waals surface area contributed by atoms with Crippen LogP contribution in [0.5, 0.6) is 0 Å². The third-order valence-electron chi connectivity index (χ3n) is 2.60. The van der Waals surface area contributed by atoms with Gasteiger partial charge in [-0.3, -0.25) is 10.1 Å². The molecule has 7 heteroatoms. The Bertz CT molecular complexity index is 429. The number of carbonyl (C=O) groups is 1. The zero-order valence-corrected chi connectivity index (χ0v) is 10.3. The molecule has 0 bridgehead atoms. The minimum Gasteiger partial charge on any atom is -0.457 e. The summed E-state index contributed by atoms with van der Waals surface area (Å²) < 4.78 is 5.23. The number of benzene rings is 1. The lowest BCUT2D eigenvalue weighted by molar-refractivity contribution is -0.384. The molecule has 98 valence electrons. The largest absolute Gasteiger partial charge is 0.457 e. The maximum Gasteiger partial charge on any atom is 0.338 e. The zero-order valence-electron chi connectivity index (χ0n) is 9.50. The highest BCUT2D eigenvalue weighted by Crippen LogP contribution is 2.14. The van der Waals surface area contributed by atoms with E-state index in [2.05, 4.69) is 5.32 Å². The molecular formula is C11H13ClN2O4. The molecule has 1 aliphatic heterocycles. The summed E-state index contributed by atoms with van der Waals surface area (Å²) in [5.74, 6) is -0.436. The number of rotatable bonds is 3. The number of hydrogen-bond acceptors (Lipinski definition) is 5. The van der Waals surface area contributed by atoms with Gasteiger partial charge in [0.25, 0.3) is 5.69 Å². The summed E-state index contributed by atoms with van der Waals surface area (Å²) in [5, 5.41) is 13.5. The van der Waals surface area contributed by atoms with Crippen LogP contribution >= 0.6 is 12.4 Å². The Morgan fingerprint density at radius 1 is 1.39 bits per heavy atom. The van der Waals surface area contributed by atoms with Gasteiger partial charge in [-0.2, -0.15) is 0 Å². The standard InChI is InChI=1S/C11H12N2O4.ClH/c14-11(17-10-5-6-12-7-10)8-1-3-9(4-2-8)13(15)16;/h1-4,10,12H,5-7H2;1H. The Balaban J connectivity index is 0.00000162. The highest BCUT2D eigenvalue weighted by molar-refractivity contribution is 5.89. The lowest BCUT2D eigenvalue weighted by atomic mass is 10.2. The van der Waals surface area contributed by atoms with Crippen molar-refractivity contribution in [3.05, 3.63) is 39.9 Å². The van der Waals surface area contributed by atoms with E-state index in [0.717, 1.165) is 13.0 Å². The minimum atomic E-state index is -0.504. The molecule has 1 aromatic rings. The third kappa shape index (κ3) is 3.41. The first-order valence-corrected chi connectivity index (χ1v) is 5.33. The lowest BCUT2D eigenvalue weighted by Crippen LogP contribution is -2.20. The van der Waals surface area contributed by atoms with Gasteiger partial charge in [0.15, 0.2) is 0 Å². The number of halogens is 1. The van der Waals surface area contributed by atoms with E-state index < -0.39 is 10.9 Å². The molecule has 18 heavy (non-hydrogen) atoms. The van der Waals surface area contributed by atoms with Crippen LogP contribution in [0, 0.1) is 10.1 Å². The number of non-ortho nitro benzene ring substituents is 1. The van der Waals surface area contributed by atoms with Gasteiger partial charge in [0.1, 0.15) is 6.10 Å². The van der Waals surface area contributed by atoms with Crippen LogP contribution in [0.4, 0.5) is 5.69 Å². The molecule has 1 N–H and O–H groups in total. The molecule has 1 fully saturated rings. The van der Waals surface area contributed by atoms with E-state index in [1.165, 1.54) is 24.3 Å². The Morgan fingerprint density at radius 2 is 2.06 bits per heavy atom. The molecule has 1 aliphatic rings. The van der Waals surface area contributed by atoms with Gasteiger partial charge in [0.05, 0.1) is 10.5 Å². The number of ether oxygens (including phenoxy) is 1. The molecule has 0 aromatic heterocycles. The van der Waals surface area contributed by atoms with Gasteiger partial charge in [0, 0.05) is 18.7 Å². The van der Waals surface area contributed by atoms with Crippen molar-refractivity contribution in [2.24, 2.45) is 0 Å². The Kier molecular flexibility index (Phi) is 5.06. The maximum atomic E-state index is 11.7. The number of nitrogens with one attached hydrogen (secondary N) is 1. The first kappa shape index (κ1) is 14.4.